The van der Waals surface area contributed by atoms with Crippen LogP contribution in [0.3, 0.4) is 0 Å². The molecule has 4 nitrogen and oxygen atoms in total. The van der Waals surface area contributed by atoms with Crippen LogP contribution in [0.25, 0.3) is 10.9 Å². The molecule has 1 aromatic carbocycles. The van der Waals surface area contributed by atoms with Gasteiger partial charge in [-0.1, -0.05) is 17.7 Å². The second kappa shape index (κ2) is 5.81. The number of hydrogen-bond donors (Lipinski definition) is 1. The Morgan fingerprint density at radius 1 is 1.32 bits per heavy atom. The van der Waals surface area contributed by atoms with E-state index in [4.69, 9.17) is 16.0 Å². The van der Waals surface area contributed by atoms with Crippen molar-refractivity contribution in [2.75, 3.05) is 0 Å². The number of aromatic nitrogens is 1. The van der Waals surface area contributed by atoms with Gasteiger partial charge in [0.1, 0.15) is 11.5 Å². The Hall–Kier alpha value is -2.33. The van der Waals surface area contributed by atoms with E-state index >= 15 is 0 Å². The van der Waals surface area contributed by atoms with Gasteiger partial charge < -0.3 is 9.73 Å². The zero-order chi connectivity index (χ0) is 15.7. The maximum absolute atomic E-state index is 12.5. The Bertz CT molecular complexity index is 855. The van der Waals surface area contributed by atoms with Gasteiger partial charge in [-0.3, -0.25) is 9.78 Å². The molecule has 112 valence electrons. The Kier molecular flexibility index (Phi) is 3.86. The lowest BCUT2D eigenvalue weighted by atomic mass is 10.1. The summed E-state index contributed by atoms with van der Waals surface area (Å²) in [6.07, 6.45) is 1.66. The molecule has 2 heterocycles. The van der Waals surface area contributed by atoms with Crippen molar-refractivity contribution in [3.05, 3.63) is 64.2 Å². The molecule has 1 amide bonds. The lowest BCUT2D eigenvalue weighted by Gasteiger charge is -2.08. The zero-order valence-electron chi connectivity index (χ0n) is 12.3. The number of aryl methyl sites for hydroxylation is 2. The average Bonchev–Trinajstić information content (AvgIpc) is 2.81. The number of nitrogens with one attached hydrogen (secondary N) is 1. The third-order valence-electron chi connectivity index (χ3n) is 3.50. The molecule has 0 aliphatic heterocycles. The van der Waals surface area contributed by atoms with Crippen LogP contribution >= 0.6 is 11.6 Å². The van der Waals surface area contributed by atoms with Crippen molar-refractivity contribution in [1.29, 1.82) is 0 Å². The zero-order valence-corrected chi connectivity index (χ0v) is 13.1. The molecule has 0 saturated heterocycles. The van der Waals surface area contributed by atoms with Crippen molar-refractivity contribution >= 4 is 28.4 Å². The summed E-state index contributed by atoms with van der Waals surface area (Å²) in [6.45, 7) is 4.17. The minimum absolute atomic E-state index is 0.204. The highest BCUT2D eigenvalue weighted by atomic mass is 35.5. The molecular formula is C17H15ClN2O2. The van der Waals surface area contributed by atoms with Gasteiger partial charge in [-0.25, -0.2) is 0 Å². The van der Waals surface area contributed by atoms with E-state index in [-0.39, 0.29) is 5.91 Å². The second-order valence-corrected chi connectivity index (χ2v) is 5.59. The number of fused-ring (bicyclic) bond motifs is 1. The second-order valence-electron chi connectivity index (χ2n) is 5.15. The van der Waals surface area contributed by atoms with E-state index in [2.05, 4.69) is 10.3 Å². The number of carbonyl (C=O) groups excluding carboxylic acids is 1. The fourth-order valence-corrected chi connectivity index (χ4v) is 2.69. The van der Waals surface area contributed by atoms with Crippen molar-refractivity contribution in [2.45, 2.75) is 20.4 Å². The van der Waals surface area contributed by atoms with Crippen molar-refractivity contribution in [3.63, 3.8) is 0 Å². The highest BCUT2D eigenvalue weighted by Gasteiger charge is 2.13. The van der Waals surface area contributed by atoms with Gasteiger partial charge in [0.25, 0.3) is 5.91 Å². The molecule has 0 aliphatic carbocycles. The Labute approximate surface area is 133 Å². The average molecular weight is 315 g/mol. The molecule has 1 N–H and O–H groups in total. The molecule has 0 saturated carbocycles. The predicted octanol–water partition coefficient (Wildman–Crippen LogP) is 4.03. The number of amides is 1. The quantitative estimate of drug-likeness (QED) is 0.794. The van der Waals surface area contributed by atoms with Crippen LogP contribution in [0.1, 0.15) is 27.4 Å². The number of nitrogens with zero attached hydrogens (tertiary/aromatic N) is 1. The standard InChI is InChI=1S/C17H15ClN2O2/c1-10-6-13(11(2)22-10)9-20-17(21)15-8-14(18)7-12-4-3-5-19-16(12)15/h3-8H,9H2,1-2H3,(H,20,21). The third-order valence-corrected chi connectivity index (χ3v) is 3.72. The normalized spacial score (nSPS) is 10.9. The molecule has 0 radical (unpaired) electrons. The van der Waals surface area contributed by atoms with Gasteiger partial charge in [0.15, 0.2) is 0 Å². The number of hydrogen-bond acceptors (Lipinski definition) is 3. The lowest BCUT2D eigenvalue weighted by molar-refractivity contribution is 0.0952. The Morgan fingerprint density at radius 3 is 2.86 bits per heavy atom. The van der Waals surface area contributed by atoms with E-state index in [1.54, 1.807) is 18.3 Å². The fraction of sp³-hybridized carbons (Fsp3) is 0.176. The summed E-state index contributed by atoms with van der Waals surface area (Å²) in [7, 11) is 0. The largest absolute Gasteiger partial charge is 0.466 e. The fourth-order valence-electron chi connectivity index (χ4n) is 2.46. The monoisotopic (exact) mass is 314 g/mol. The van der Waals surface area contributed by atoms with Gasteiger partial charge in [0.05, 0.1) is 11.1 Å². The summed E-state index contributed by atoms with van der Waals surface area (Å²) in [4.78, 5) is 16.7. The topological polar surface area (TPSA) is 55.1 Å². The van der Waals surface area contributed by atoms with E-state index in [0.29, 0.717) is 22.6 Å². The summed E-state index contributed by atoms with van der Waals surface area (Å²) in [6, 6.07) is 9.06. The number of benzene rings is 1. The highest BCUT2D eigenvalue weighted by molar-refractivity contribution is 6.32. The molecule has 0 unspecified atom stereocenters. The van der Waals surface area contributed by atoms with Crippen LogP contribution in [0.15, 0.2) is 40.9 Å². The van der Waals surface area contributed by atoms with Gasteiger partial charge >= 0.3 is 0 Å². The van der Waals surface area contributed by atoms with Crippen LogP contribution in [0.4, 0.5) is 0 Å². The van der Waals surface area contributed by atoms with Crippen molar-refractivity contribution in [1.82, 2.24) is 10.3 Å². The summed E-state index contributed by atoms with van der Waals surface area (Å²) < 4.78 is 5.46. The molecule has 0 bridgehead atoms. The van der Waals surface area contributed by atoms with E-state index in [1.807, 2.05) is 32.0 Å². The molecule has 0 spiro atoms. The molecule has 0 fully saturated rings. The minimum Gasteiger partial charge on any atom is -0.466 e. The Morgan fingerprint density at radius 2 is 2.14 bits per heavy atom. The Balaban J connectivity index is 1.88. The number of halogens is 1. The maximum Gasteiger partial charge on any atom is 0.253 e. The van der Waals surface area contributed by atoms with Gasteiger partial charge in [0, 0.05) is 28.7 Å². The predicted molar refractivity (Wildman–Crippen MR) is 86.1 cm³/mol. The minimum atomic E-state index is -0.204. The summed E-state index contributed by atoms with van der Waals surface area (Å²) in [5.41, 5.74) is 2.08. The first kappa shape index (κ1) is 14.6. The van der Waals surface area contributed by atoms with Crippen LogP contribution in [-0.2, 0) is 6.54 Å². The molecular weight excluding hydrogens is 300 g/mol. The smallest absolute Gasteiger partial charge is 0.253 e. The van der Waals surface area contributed by atoms with Crippen LogP contribution in [0.2, 0.25) is 5.02 Å². The van der Waals surface area contributed by atoms with Crippen LogP contribution in [-0.4, -0.2) is 10.9 Å². The molecule has 3 rings (SSSR count). The first-order chi connectivity index (χ1) is 10.5. The van der Waals surface area contributed by atoms with Gasteiger partial charge in [-0.2, -0.15) is 0 Å². The number of pyridine rings is 1. The van der Waals surface area contributed by atoms with E-state index < -0.39 is 0 Å². The SMILES string of the molecule is Cc1cc(CNC(=O)c2cc(Cl)cc3cccnc23)c(C)o1. The highest BCUT2D eigenvalue weighted by Crippen LogP contribution is 2.22. The lowest BCUT2D eigenvalue weighted by Crippen LogP contribution is -2.23. The van der Waals surface area contributed by atoms with Gasteiger partial charge in [-0.15, -0.1) is 0 Å². The first-order valence-electron chi connectivity index (χ1n) is 6.93. The van der Waals surface area contributed by atoms with E-state index in [9.17, 15) is 4.79 Å². The molecule has 0 aliphatic rings. The summed E-state index contributed by atoms with van der Waals surface area (Å²) in [5, 5.41) is 4.25. The third kappa shape index (κ3) is 2.83. The molecule has 22 heavy (non-hydrogen) atoms. The maximum atomic E-state index is 12.5. The van der Waals surface area contributed by atoms with Gasteiger partial charge in [-0.05, 0) is 38.1 Å². The van der Waals surface area contributed by atoms with E-state index in [0.717, 1.165) is 22.5 Å². The van der Waals surface area contributed by atoms with Crippen molar-refractivity contribution < 1.29 is 9.21 Å². The van der Waals surface area contributed by atoms with Crippen molar-refractivity contribution in [2.24, 2.45) is 0 Å². The number of furan rings is 1. The van der Waals surface area contributed by atoms with Crippen LogP contribution < -0.4 is 5.32 Å². The molecule has 2 aromatic heterocycles. The van der Waals surface area contributed by atoms with Crippen LogP contribution in [0, 0.1) is 13.8 Å². The van der Waals surface area contributed by atoms with Crippen molar-refractivity contribution in [3.8, 4) is 0 Å². The molecule has 3 aromatic rings. The summed E-state index contributed by atoms with van der Waals surface area (Å²) in [5.74, 6) is 1.44. The van der Waals surface area contributed by atoms with Gasteiger partial charge in [0.2, 0.25) is 0 Å². The van der Waals surface area contributed by atoms with E-state index in [1.165, 1.54) is 0 Å². The summed E-state index contributed by atoms with van der Waals surface area (Å²) >= 11 is 6.09. The van der Waals surface area contributed by atoms with Crippen LogP contribution in [0.5, 0.6) is 0 Å². The number of rotatable bonds is 3. The molecule has 0 atom stereocenters. The number of carbonyl (C=O) groups is 1. The molecule has 5 heteroatoms. The first-order valence-corrected chi connectivity index (χ1v) is 7.31.